The standard InChI is InChI=1S/C13H19N3O3.ClH/c14-7-12(17)8-15-10-1-3-11(4-2-10)16-5-6-19-9-13(16)18;/h1-4,12,15,17H,5-9,14H2;1H/t12-;/m0./s1. The van der Waals surface area contributed by atoms with Crippen molar-refractivity contribution in [2.45, 2.75) is 6.10 Å². The van der Waals surface area contributed by atoms with Crippen LogP contribution in [0, 0.1) is 0 Å². The van der Waals surface area contributed by atoms with Gasteiger partial charge in [-0.1, -0.05) is 0 Å². The zero-order chi connectivity index (χ0) is 13.7. The van der Waals surface area contributed by atoms with Gasteiger partial charge in [-0.25, -0.2) is 0 Å². The number of amides is 1. The van der Waals surface area contributed by atoms with Crippen molar-refractivity contribution < 1.29 is 14.6 Å². The first kappa shape index (κ1) is 16.7. The quantitative estimate of drug-likeness (QED) is 0.723. The number of nitrogens with zero attached hydrogens (tertiary/aromatic N) is 1. The van der Waals surface area contributed by atoms with Crippen molar-refractivity contribution in [3.63, 3.8) is 0 Å². The van der Waals surface area contributed by atoms with E-state index in [1.54, 1.807) is 4.90 Å². The second-order valence-corrected chi connectivity index (χ2v) is 4.42. The van der Waals surface area contributed by atoms with E-state index in [2.05, 4.69) is 5.32 Å². The molecule has 0 saturated carbocycles. The number of rotatable bonds is 5. The van der Waals surface area contributed by atoms with E-state index in [9.17, 15) is 9.90 Å². The number of ether oxygens (including phenoxy) is 1. The Morgan fingerprint density at radius 2 is 2.10 bits per heavy atom. The summed E-state index contributed by atoms with van der Waals surface area (Å²) in [4.78, 5) is 13.4. The molecule has 0 aromatic heterocycles. The van der Waals surface area contributed by atoms with Crippen molar-refractivity contribution in [1.82, 2.24) is 0 Å². The Balaban J connectivity index is 0.00000200. The first-order chi connectivity index (χ1) is 9.20. The van der Waals surface area contributed by atoms with E-state index >= 15 is 0 Å². The summed E-state index contributed by atoms with van der Waals surface area (Å²) in [5.74, 6) is -0.0227. The van der Waals surface area contributed by atoms with Crippen molar-refractivity contribution in [2.75, 3.05) is 43.1 Å². The van der Waals surface area contributed by atoms with Gasteiger partial charge in [-0.2, -0.15) is 0 Å². The lowest BCUT2D eigenvalue weighted by atomic mass is 10.2. The smallest absolute Gasteiger partial charge is 0.253 e. The number of anilines is 2. The normalized spacial score (nSPS) is 16.5. The number of aliphatic hydroxyl groups is 1. The number of hydrogen-bond donors (Lipinski definition) is 3. The molecule has 1 saturated heterocycles. The molecule has 0 spiro atoms. The van der Waals surface area contributed by atoms with Crippen LogP contribution in [-0.2, 0) is 9.53 Å². The van der Waals surface area contributed by atoms with E-state index in [-0.39, 0.29) is 31.5 Å². The number of carbonyl (C=O) groups excluding carboxylic acids is 1. The summed E-state index contributed by atoms with van der Waals surface area (Å²) in [7, 11) is 0. The van der Waals surface area contributed by atoms with Gasteiger partial charge in [0.15, 0.2) is 0 Å². The van der Waals surface area contributed by atoms with Gasteiger partial charge in [-0.3, -0.25) is 4.79 Å². The van der Waals surface area contributed by atoms with Crippen LogP contribution in [0.4, 0.5) is 11.4 Å². The van der Waals surface area contributed by atoms with Crippen LogP contribution in [0.1, 0.15) is 0 Å². The summed E-state index contributed by atoms with van der Waals surface area (Å²) in [6.07, 6.45) is -0.555. The third-order valence-electron chi connectivity index (χ3n) is 2.98. The van der Waals surface area contributed by atoms with Crippen molar-refractivity contribution in [3.8, 4) is 0 Å². The molecule has 1 atom stereocenters. The van der Waals surface area contributed by atoms with Gasteiger partial charge in [0.25, 0.3) is 5.91 Å². The molecule has 0 aliphatic carbocycles. The van der Waals surface area contributed by atoms with E-state index < -0.39 is 6.10 Å². The predicted octanol–water partition coefficient (Wildman–Crippen LogP) is 0.203. The molecular weight excluding hydrogens is 282 g/mol. The van der Waals surface area contributed by atoms with Crippen LogP contribution in [0.2, 0.25) is 0 Å². The van der Waals surface area contributed by atoms with Gasteiger partial charge in [0.2, 0.25) is 0 Å². The Hall–Kier alpha value is -1.34. The Bertz CT molecular complexity index is 427. The van der Waals surface area contributed by atoms with Crippen molar-refractivity contribution in [3.05, 3.63) is 24.3 Å². The summed E-state index contributed by atoms with van der Waals surface area (Å²) < 4.78 is 5.09. The van der Waals surface area contributed by atoms with E-state index in [1.807, 2.05) is 24.3 Å². The Labute approximate surface area is 124 Å². The molecular formula is C13H20ClN3O3. The van der Waals surface area contributed by atoms with Crippen LogP contribution in [0.25, 0.3) is 0 Å². The molecule has 112 valence electrons. The highest BCUT2D eigenvalue weighted by Crippen LogP contribution is 2.19. The van der Waals surface area contributed by atoms with Crippen molar-refractivity contribution >= 4 is 29.7 Å². The largest absolute Gasteiger partial charge is 0.390 e. The molecule has 1 aromatic rings. The molecule has 1 heterocycles. The molecule has 6 nitrogen and oxygen atoms in total. The molecule has 4 N–H and O–H groups in total. The Morgan fingerprint density at radius 3 is 2.70 bits per heavy atom. The highest BCUT2D eigenvalue weighted by Gasteiger charge is 2.19. The molecule has 2 rings (SSSR count). The lowest BCUT2D eigenvalue weighted by Crippen LogP contribution is -2.41. The molecule has 0 unspecified atom stereocenters. The molecule has 1 aromatic carbocycles. The number of hydrogen-bond acceptors (Lipinski definition) is 5. The molecule has 20 heavy (non-hydrogen) atoms. The number of nitrogens with two attached hydrogens (primary N) is 1. The van der Waals surface area contributed by atoms with E-state index in [1.165, 1.54) is 0 Å². The number of nitrogens with one attached hydrogen (secondary N) is 1. The van der Waals surface area contributed by atoms with Crippen LogP contribution in [-0.4, -0.2) is 50.0 Å². The third-order valence-corrected chi connectivity index (χ3v) is 2.98. The fourth-order valence-corrected chi connectivity index (χ4v) is 1.87. The number of benzene rings is 1. The van der Waals surface area contributed by atoms with Gasteiger partial charge < -0.3 is 25.8 Å². The first-order valence-corrected chi connectivity index (χ1v) is 6.31. The fourth-order valence-electron chi connectivity index (χ4n) is 1.87. The highest BCUT2D eigenvalue weighted by atomic mass is 35.5. The van der Waals surface area contributed by atoms with Gasteiger partial charge in [0, 0.05) is 31.0 Å². The number of halogens is 1. The van der Waals surface area contributed by atoms with Gasteiger partial charge in [-0.05, 0) is 24.3 Å². The van der Waals surface area contributed by atoms with E-state index in [0.717, 1.165) is 11.4 Å². The average Bonchev–Trinajstić information content (AvgIpc) is 2.46. The summed E-state index contributed by atoms with van der Waals surface area (Å²) in [5, 5.41) is 12.4. The summed E-state index contributed by atoms with van der Waals surface area (Å²) >= 11 is 0. The minimum atomic E-state index is -0.555. The zero-order valence-corrected chi connectivity index (χ0v) is 11.9. The van der Waals surface area contributed by atoms with Gasteiger partial charge in [0.1, 0.15) is 6.61 Å². The zero-order valence-electron chi connectivity index (χ0n) is 11.1. The lowest BCUT2D eigenvalue weighted by Gasteiger charge is -2.27. The number of morpholine rings is 1. The van der Waals surface area contributed by atoms with Crippen LogP contribution < -0.4 is 16.0 Å². The maximum absolute atomic E-state index is 11.7. The second kappa shape index (κ2) is 8.06. The minimum absolute atomic E-state index is 0. The monoisotopic (exact) mass is 301 g/mol. The predicted molar refractivity (Wildman–Crippen MR) is 80.4 cm³/mol. The maximum Gasteiger partial charge on any atom is 0.253 e. The summed E-state index contributed by atoms with van der Waals surface area (Å²) in [6, 6.07) is 7.50. The topological polar surface area (TPSA) is 87.8 Å². The van der Waals surface area contributed by atoms with Crippen molar-refractivity contribution in [2.24, 2.45) is 5.73 Å². The minimum Gasteiger partial charge on any atom is -0.390 e. The summed E-state index contributed by atoms with van der Waals surface area (Å²) in [5.41, 5.74) is 7.07. The molecule has 1 amide bonds. The molecule has 0 radical (unpaired) electrons. The lowest BCUT2D eigenvalue weighted by molar-refractivity contribution is -0.125. The van der Waals surface area contributed by atoms with E-state index in [0.29, 0.717) is 19.7 Å². The van der Waals surface area contributed by atoms with Crippen molar-refractivity contribution in [1.29, 1.82) is 0 Å². The van der Waals surface area contributed by atoms with Crippen LogP contribution in [0.5, 0.6) is 0 Å². The fraction of sp³-hybridized carbons (Fsp3) is 0.462. The van der Waals surface area contributed by atoms with Crippen LogP contribution in [0.3, 0.4) is 0 Å². The third kappa shape index (κ3) is 4.35. The SMILES string of the molecule is Cl.NC[C@H](O)CNc1ccc(N2CCOCC2=O)cc1. The van der Waals surface area contributed by atoms with E-state index in [4.69, 9.17) is 10.5 Å². The average molecular weight is 302 g/mol. The molecule has 1 aliphatic heterocycles. The molecule has 7 heteroatoms. The summed E-state index contributed by atoms with van der Waals surface area (Å²) in [6.45, 7) is 1.92. The first-order valence-electron chi connectivity index (χ1n) is 6.31. The molecule has 1 aliphatic rings. The van der Waals surface area contributed by atoms with Crippen LogP contribution >= 0.6 is 12.4 Å². The van der Waals surface area contributed by atoms with Gasteiger partial charge >= 0.3 is 0 Å². The number of carbonyl (C=O) groups is 1. The maximum atomic E-state index is 11.7. The van der Waals surface area contributed by atoms with Crippen LogP contribution in [0.15, 0.2) is 24.3 Å². The molecule has 1 fully saturated rings. The second-order valence-electron chi connectivity index (χ2n) is 4.42. The van der Waals surface area contributed by atoms with Gasteiger partial charge in [0.05, 0.1) is 12.7 Å². The Morgan fingerprint density at radius 1 is 1.40 bits per heavy atom. The number of aliphatic hydroxyl groups excluding tert-OH is 1. The molecule has 0 bridgehead atoms. The highest BCUT2D eigenvalue weighted by molar-refractivity contribution is 5.94. The Kier molecular flexibility index (Phi) is 6.74. The van der Waals surface area contributed by atoms with Gasteiger partial charge in [-0.15, -0.1) is 12.4 Å².